The van der Waals surface area contributed by atoms with Crippen LogP contribution < -0.4 is 15.8 Å². The summed E-state index contributed by atoms with van der Waals surface area (Å²) < 4.78 is 5.25. The number of rotatable bonds is 5. The largest absolute Gasteiger partial charge is 0.497 e. The molecule has 4 heteroatoms. The Morgan fingerprint density at radius 2 is 2.26 bits per heavy atom. The summed E-state index contributed by atoms with van der Waals surface area (Å²) in [6, 6.07) is 6.06. The summed E-state index contributed by atoms with van der Waals surface area (Å²) in [5, 5.41) is 3.35. The lowest BCUT2D eigenvalue weighted by Crippen LogP contribution is -2.58. The second-order valence-corrected chi connectivity index (χ2v) is 5.18. The van der Waals surface area contributed by atoms with Crippen molar-refractivity contribution in [1.82, 2.24) is 5.32 Å². The van der Waals surface area contributed by atoms with E-state index in [4.69, 9.17) is 10.5 Å². The number of primary amides is 1. The van der Waals surface area contributed by atoms with Crippen LogP contribution in [0.3, 0.4) is 0 Å². The minimum absolute atomic E-state index is 0.255. The van der Waals surface area contributed by atoms with Crippen LogP contribution in [0.4, 0.5) is 0 Å². The van der Waals surface area contributed by atoms with E-state index in [-0.39, 0.29) is 5.91 Å². The molecule has 0 aromatic heterocycles. The summed E-state index contributed by atoms with van der Waals surface area (Å²) in [7, 11) is 1.65. The van der Waals surface area contributed by atoms with Crippen molar-refractivity contribution in [3.8, 4) is 5.75 Å². The van der Waals surface area contributed by atoms with Gasteiger partial charge < -0.3 is 15.8 Å². The zero-order chi connectivity index (χ0) is 13.9. The maximum Gasteiger partial charge on any atom is 0.238 e. The van der Waals surface area contributed by atoms with Gasteiger partial charge in [-0.1, -0.05) is 13.0 Å². The molecule has 0 saturated carbocycles. The number of carbonyl (C=O) groups excluding carboxylic acids is 1. The van der Waals surface area contributed by atoms with Gasteiger partial charge >= 0.3 is 0 Å². The van der Waals surface area contributed by atoms with Crippen LogP contribution in [0.25, 0.3) is 0 Å². The third-order valence-electron chi connectivity index (χ3n) is 3.91. The first-order valence-electron chi connectivity index (χ1n) is 6.82. The first kappa shape index (κ1) is 13.9. The topological polar surface area (TPSA) is 64.3 Å². The molecule has 1 atom stereocenters. The van der Waals surface area contributed by atoms with Crippen LogP contribution >= 0.6 is 0 Å². The van der Waals surface area contributed by atoms with Crippen molar-refractivity contribution in [3.63, 3.8) is 0 Å². The molecule has 0 fully saturated rings. The lowest BCUT2D eigenvalue weighted by molar-refractivity contribution is -0.125. The molecule has 1 amide bonds. The van der Waals surface area contributed by atoms with Gasteiger partial charge in [0.15, 0.2) is 0 Å². The molecule has 2 rings (SSSR count). The number of fused-ring (bicyclic) bond motifs is 1. The SMILES string of the molecule is CCCNC1(C(N)=O)CCc2ccc(OC)cc2C1. The second-order valence-electron chi connectivity index (χ2n) is 5.18. The minimum atomic E-state index is -0.602. The van der Waals surface area contributed by atoms with E-state index in [0.717, 1.165) is 37.1 Å². The quantitative estimate of drug-likeness (QED) is 0.843. The maximum atomic E-state index is 11.9. The molecule has 0 heterocycles. The number of benzene rings is 1. The molecule has 1 unspecified atom stereocenters. The number of hydrogen-bond donors (Lipinski definition) is 2. The number of nitrogens with one attached hydrogen (secondary N) is 1. The van der Waals surface area contributed by atoms with Gasteiger partial charge in [-0.2, -0.15) is 0 Å². The summed E-state index contributed by atoms with van der Waals surface area (Å²) in [6.07, 6.45) is 3.27. The molecule has 0 spiro atoms. The highest BCUT2D eigenvalue weighted by Crippen LogP contribution is 2.31. The van der Waals surface area contributed by atoms with Crippen LogP contribution in [0, 0.1) is 0 Å². The van der Waals surface area contributed by atoms with E-state index in [2.05, 4.69) is 18.3 Å². The van der Waals surface area contributed by atoms with Crippen LogP contribution in [0.15, 0.2) is 18.2 Å². The Kier molecular flexibility index (Phi) is 4.10. The summed E-state index contributed by atoms with van der Waals surface area (Å²) in [5.41, 5.74) is 7.48. The van der Waals surface area contributed by atoms with Gasteiger partial charge in [-0.05, 0) is 55.5 Å². The zero-order valence-corrected chi connectivity index (χ0v) is 11.7. The van der Waals surface area contributed by atoms with Gasteiger partial charge in [0.05, 0.1) is 7.11 Å². The van der Waals surface area contributed by atoms with Crippen LogP contribution in [0.5, 0.6) is 5.75 Å². The van der Waals surface area contributed by atoms with Crippen LogP contribution in [-0.4, -0.2) is 25.1 Å². The number of hydrogen-bond acceptors (Lipinski definition) is 3. The standard InChI is InChI=1S/C15H22N2O2/c1-3-8-17-15(14(16)18)7-6-11-4-5-13(19-2)9-12(11)10-15/h4-5,9,17H,3,6-8,10H2,1-2H3,(H2,16,18). The Morgan fingerprint density at radius 3 is 2.89 bits per heavy atom. The maximum absolute atomic E-state index is 11.9. The molecule has 19 heavy (non-hydrogen) atoms. The van der Waals surface area contributed by atoms with E-state index in [0.29, 0.717) is 6.42 Å². The Bertz CT molecular complexity index is 473. The van der Waals surface area contributed by atoms with E-state index in [1.54, 1.807) is 7.11 Å². The van der Waals surface area contributed by atoms with Crippen LogP contribution in [0.2, 0.25) is 0 Å². The lowest BCUT2D eigenvalue weighted by atomic mass is 9.77. The summed E-state index contributed by atoms with van der Waals surface area (Å²) in [5.74, 6) is 0.573. The van der Waals surface area contributed by atoms with Gasteiger partial charge in [0, 0.05) is 0 Å². The molecule has 104 valence electrons. The fraction of sp³-hybridized carbons (Fsp3) is 0.533. The predicted molar refractivity (Wildman–Crippen MR) is 75.2 cm³/mol. The average molecular weight is 262 g/mol. The molecule has 3 N–H and O–H groups in total. The van der Waals surface area contributed by atoms with E-state index in [1.165, 1.54) is 5.56 Å². The highest BCUT2D eigenvalue weighted by Gasteiger charge is 2.39. The van der Waals surface area contributed by atoms with Crippen LogP contribution in [0.1, 0.15) is 30.9 Å². The number of methoxy groups -OCH3 is 1. The number of amides is 1. The van der Waals surface area contributed by atoms with Crippen molar-refractivity contribution < 1.29 is 9.53 Å². The van der Waals surface area contributed by atoms with Crippen molar-refractivity contribution in [2.75, 3.05) is 13.7 Å². The molecule has 1 aliphatic carbocycles. The summed E-state index contributed by atoms with van der Waals surface area (Å²) >= 11 is 0. The zero-order valence-electron chi connectivity index (χ0n) is 11.7. The molecular weight excluding hydrogens is 240 g/mol. The van der Waals surface area contributed by atoms with Gasteiger partial charge in [-0.25, -0.2) is 0 Å². The summed E-state index contributed by atoms with van der Waals surface area (Å²) in [4.78, 5) is 11.9. The van der Waals surface area contributed by atoms with E-state index >= 15 is 0 Å². The number of carbonyl (C=O) groups is 1. The highest BCUT2D eigenvalue weighted by atomic mass is 16.5. The minimum Gasteiger partial charge on any atom is -0.497 e. The number of aryl methyl sites for hydroxylation is 1. The Labute approximate surface area is 114 Å². The second kappa shape index (κ2) is 5.61. The van der Waals surface area contributed by atoms with E-state index < -0.39 is 5.54 Å². The predicted octanol–water partition coefficient (Wildman–Crippen LogP) is 1.41. The third kappa shape index (κ3) is 2.73. The number of nitrogens with two attached hydrogens (primary N) is 1. The molecule has 1 aliphatic rings. The van der Waals surface area contributed by atoms with Gasteiger partial charge in [0.2, 0.25) is 5.91 Å². The number of ether oxygens (including phenoxy) is 1. The third-order valence-corrected chi connectivity index (χ3v) is 3.91. The van der Waals surface area contributed by atoms with Gasteiger partial charge in [-0.15, -0.1) is 0 Å². The highest BCUT2D eigenvalue weighted by molar-refractivity contribution is 5.85. The normalized spacial score (nSPS) is 21.8. The first-order valence-corrected chi connectivity index (χ1v) is 6.82. The molecule has 0 aliphatic heterocycles. The lowest BCUT2D eigenvalue weighted by Gasteiger charge is -2.36. The summed E-state index contributed by atoms with van der Waals surface area (Å²) in [6.45, 7) is 2.89. The smallest absolute Gasteiger partial charge is 0.238 e. The molecule has 4 nitrogen and oxygen atoms in total. The molecule has 0 saturated heterocycles. The van der Waals surface area contributed by atoms with Crippen molar-refractivity contribution in [2.45, 2.75) is 38.1 Å². The van der Waals surface area contributed by atoms with Crippen LogP contribution in [-0.2, 0) is 17.6 Å². The fourth-order valence-corrected chi connectivity index (χ4v) is 2.71. The van der Waals surface area contributed by atoms with E-state index in [9.17, 15) is 4.79 Å². The fourth-order valence-electron chi connectivity index (χ4n) is 2.71. The van der Waals surface area contributed by atoms with E-state index in [1.807, 2.05) is 12.1 Å². The van der Waals surface area contributed by atoms with Gasteiger partial charge in [0.25, 0.3) is 0 Å². The first-order chi connectivity index (χ1) is 9.11. The van der Waals surface area contributed by atoms with Crippen molar-refractivity contribution >= 4 is 5.91 Å². The average Bonchev–Trinajstić information content (AvgIpc) is 2.43. The van der Waals surface area contributed by atoms with Crippen molar-refractivity contribution in [3.05, 3.63) is 29.3 Å². The van der Waals surface area contributed by atoms with Crippen molar-refractivity contribution in [2.24, 2.45) is 5.73 Å². The molecule has 1 aromatic rings. The molecular formula is C15H22N2O2. The molecule has 0 bridgehead atoms. The molecule has 1 aromatic carbocycles. The Morgan fingerprint density at radius 1 is 1.47 bits per heavy atom. The molecule has 0 radical (unpaired) electrons. The monoisotopic (exact) mass is 262 g/mol. The van der Waals surface area contributed by atoms with Gasteiger partial charge in [-0.3, -0.25) is 4.79 Å². The Balaban J connectivity index is 2.28. The Hall–Kier alpha value is -1.55. The van der Waals surface area contributed by atoms with Crippen molar-refractivity contribution in [1.29, 1.82) is 0 Å². The van der Waals surface area contributed by atoms with Gasteiger partial charge in [0.1, 0.15) is 11.3 Å².